The lowest BCUT2D eigenvalue weighted by Gasteiger charge is -2.19. The molecular formula is C20H28N2O4S. The summed E-state index contributed by atoms with van der Waals surface area (Å²) in [5, 5.41) is 3.54. The average molecular weight is 393 g/mol. The summed E-state index contributed by atoms with van der Waals surface area (Å²) >= 11 is 1.21. The van der Waals surface area contributed by atoms with Crippen molar-refractivity contribution in [3.05, 3.63) is 35.5 Å². The topological polar surface area (TPSA) is 77.5 Å². The first kappa shape index (κ1) is 22.6. The van der Waals surface area contributed by atoms with E-state index in [9.17, 15) is 9.59 Å². The molecule has 0 aliphatic heterocycles. The second-order valence-corrected chi connectivity index (χ2v) is 7.41. The summed E-state index contributed by atoms with van der Waals surface area (Å²) < 4.78 is 10.3. The number of thiazole rings is 1. The van der Waals surface area contributed by atoms with E-state index in [1.165, 1.54) is 11.3 Å². The number of carbonyl (C=O) groups excluding carboxylic acids is 2. The Morgan fingerprint density at radius 1 is 1.22 bits per heavy atom. The van der Waals surface area contributed by atoms with Gasteiger partial charge in [0.15, 0.2) is 5.69 Å². The molecule has 0 atom stereocenters. The molecule has 0 aliphatic rings. The Bertz CT molecular complexity index is 779. The number of carbonyl (C=O) groups is 2. The van der Waals surface area contributed by atoms with Crippen LogP contribution < -0.4 is 5.32 Å². The SMILES string of the molecule is CC.CCOC(=O)c1nc(-c2cccc(C)c2)sc1NC(=O)OC(C)(C)C. The second kappa shape index (κ2) is 10.1. The monoisotopic (exact) mass is 392 g/mol. The van der Waals surface area contributed by atoms with E-state index in [1.54, 1.807) is 27.7 Å². The summed E-state index contributed by atoms with van der Waals surface area (Å²) in [7, 11) is 0. The molecule has 0 bridgehead atoms. The van der Waals surface area contributed by atoms with Crippen LogP contribution in [0.4, 0.5) is 9.80 Å². The highest BCUT2D eigenvalue weighted by molar-refractivity contribution is 7.19. The van der Waals surface area contributed by atoms with Gasteiger partial charge in [-0.25, -0.2) is 14.6 Å². The lowest BCUT2D eigenvalue weighted by Crippen LogP contribution is -2.27. The third-order valence-electron chi connectivity index (χ3n) is 2.98. The van der Waals surface area contributed by atoms with Crippen LogP contribution in [0, 0.1) is 6.92 Å². The van der Waals surface area contributed by atoms with Gasteiger partial charge in [0, 0.05) is 5.56 Å². The number of hydrogen-bond acceptors (Lipinski definition) is 6. The molecule has 0 spiro atoms. The van der Waals surface area contributed by atoms with Crippen molar-refractivity contribution in [1.29, 1.82) is 0 Å². The molecule has 0 saturated carbocycles. The molecule has 1 aromatic carbocycles. The standard InChI is InChI=1S/C18H22N2O4S.C2H6/c1-6-23-16(21)13-15(20-17(22)24-18(3,4)5)25-14(19-13)12-9-7-8-11(2)10-12;1-2/h7-10H,6H2,1-5H3,(H,20,22);1-2H3. The van der Waals surface area contributed by atoms with E-state index in [0.29, 0.717) is 10.0 Å². The first-order valence-electron chi connectivity index (χ1n) is 8.94. The third kappa shape index (κ3) is 7.02. The van der Waals surface area contributed by atoms with E-state index < -0.39 is 17.7 Å². The summed E-state index contributed by atoms with van der Waals surface area (Å²) in [6.07, 6.45) is -0.641. The van der Waals surface area contributed by atoms with Gasteiger partial charge in [-0.2, -0.15) is 0 Å². The minimum Gasteiger partial charge on any atom is -0.461 e. The van der Waals surface area contributed by atoms with Gasteiger partial charge in [-0.05, 0) is 40.7 Å². The average Bonchev–Trinajstić information content (AvgIpc) is 2.99. The van der Waals surface area contributed by atoms with Crippen LogP contribution in [-0.2, 0) is 9.47 Å². The molecule has 1 heterocycles. The van der Waals surface area contributed by atoms with E-state index in [-0.39, 0.29) is 12.3 Å². The van der Waals surface area contributed by atoms with E-state index in [2.05, 4.69) is 10.3 Å². The van der Waals surface area contributed by atoms with Gasteiger partial charge in [0.25, 0.3) is 0 Å². The first-order chi connectivity index (χ1) is 12.7. The Morgan fingerprint density at radius 2 is 1.89 bits per heavy atom. The summed E-state index contributed by atoms with van der Waals surface area (Å²) in [5.41, 5.74) is 1.38. The molecule has 7 heteroatoms. The van der Waals surface area contributed by atoms with Crippen molar-refractivity contribution < 1.29 is 19.1 Å². The van der Waals surface area contributed by atoms with Crippen LogP contribution in [-0.4, -0.2) is 29.3 Å². The van der Waals surface area contributed by atoms with Crippen molar-refractivity contribution in [2.75, 3.05) is 11.9 Å². The van der Waals surface area contributed by atoms with Gasteiger partial charge in [-0.3, -0.25) is 5.32 Å². The van der Waals surface area contributed by atoms with E-state index in [1.807, 2.05) is 45.0 Å². The Hall–Kier alpha value is -2.41. The first-order valence-corrected chi connectivity index (χ1v) is 9.76. The maximum Gasteiger partial charge on any atom is 0.412 e. The molecule has 27 heavy (non-hydrogen) atoms. The fourth-order valence-electron chi connectivity index (χ4n) is 2.04. The highest BCUT2D eigenvalue weighted by Gasteiger charge is 2.24. The molecular weight excluding hydrogens is 364 g/mol. The molecule has 0 aliphatic carbocycles. The van der Waals surface area contributed by atoms with Crippen LogP contribution in [0.2, 0.25) is 0 Å². The Labute approximate surface area is 164 Å². The van der Waals surface area contributed by atoms with Gasteiger partial charge in [0.05, 0.1) is 6.61 Å². The van der Waals surface area contributed by atoms with E-state index >= 15 is 0 Å². The van der Waals surface area contributed by atoms with Gasteiger partial charge in [-0.1, -0.05) is 48.9 Å². The van der Waals surface area contributed by atoms with Crippen LogP contribution in [0.1, 0.15) is 57.6 Å². The van der Waals surface area contributed by atoms with Gasteiger partial charge in [0.1, 0.15) is 15.6 Å². The van der Waals surface area contributed by atoms with Crippen LogP contribution in [0.25, 0.3) is 10.6 Å². The molecule has 0 fully saturated rings. The largest absolute Gasteiger partial charge is 0.461 e. The Balaban J connectivity index is 0.00000176. The lowest BCUT2D eigenvalue weighted by molar-refractivity contribution is 0.0521. The molecule has 1 aromatic heterocycles. The van der Waals surface area contributed by atoms with Crippen molar-refractivity contribution >= 4 is 28.4 Å². The number of aromatic nitrogens is 1. The predicted octanol–water partition coefficient (Wildman–Crippen LogP) is 5.67. The maximum absolute atomic E-state index is 12.2. The molecule has 0 unspecified atom stereocenters. The number of nitrogens with zero attached hydrogens (tertiary/aromatic N) is 1. The van der Waals surface area contributed by atoms with Gasteiger partial charge in [0.2, 0.25) is 0 Å². The molecule has 6 nitrogen and oxygen atoms in total. The normalized spacial score (nSPS) is 10.5. The maximum atomic E-state index is 12.2. The fraction of sp³-hybridized carbons (Fsp3) is 0.450. The minimum absolute atomic E-state index is 0.0780. The highest BCUT2D eigenvalue weighted by Crippen LogP contribution is 2.33. The fourth-order valence-corrected chi connectivity index (χ4v) is 2.98. The summed E-state index contributed by atoms with van der Waals surface area (Å²) in [6, 6.07) is 7.75. The van der Waals surface area contributed by atoms with Crippen LogP contribution >= 0.6 is 11.3 Å². The zero-order valence-corrected chi connectivity index (χ0v) is 17.8. The van der Waals surface area contributed by atoms with E-state index in [0.717, 1.165) is 11.1 Å². The number of amides is 1. The molecule has 2 aromatic rings. The molecule has 0 saturated heterocycles. The Kier molecular flexibility index (Phi) is 8.43. The third-order valence-corrected chi connectivity index (χ3v) is 4.00. The number of esters is 1. The van der Waals surface area contributed by atoms with Crippen molar-refractivity contribution in [1.82, 2.24) is 4.98 Å². The van der Waals surface area contributed by atoms with Gasteiger partial charge < -0.3 is 9.47 Å². The number of ether oxygens (including phenoxy) is 2. The van der Waals surface area contributed by atoms with Gasteiger partial charge in [-0.15, -0.1) is 0 Å². The van der Waals surface area contributed by atoms with Crippen molar-refractivity contribution in [2.24, 2.45) is 0 Å². The molecule has 0 radical (unpaired) electrons. The highest BCUT2D eigenvalue weighted by atomic mass is 32.1. The van der Waals surface area contributed by atoms with Crippen molar-refractivity contribution in [3.8, 4) is 10.6 Å². The van der Waals surface area contributed by atoms with E-state index in [4.69, 9.17) is 9.47 Å². The zero-order valence-electron chi connectivity index (χ0n) is 17.0. The van der Waals surface area contributed by atoms with Crippen LogP contribution in [0.5, 0.6) is 0 Å². The molecule has 1 amide bonds. The zero-order chi connectivity index (χ0) is 20.6. The lowest BCUT2D eigenvalue weighted by atomic mass is 10.1. The van der Waals surface area contributed by atoms with Crippen molar-refractivity contribution in [2.45, 2.75) is 54.1 Å². The Morgan fingerprint density at radius 3 is 2.44 bits per heavy atom. The number of aryl methyl sites for hydroxylation is 1. The molecule has 148 valence electrons. The predicted molar refractivity (Wildman–Crippen MR) is 109 cm³/mol. The second-order valence-electron chi connectivity index (χ2n) is 6.41. The number of rotatable bonds is 4. The minimum atomic E-state index is -0.641. The number of anilines is 1. The summed E-state index contributed by atoms with van der Waals surface area (Å²) in [5.74, 6) is -0.580. The van der Waals surface area contributed by atoms with Crippen LogP contribution in [0.3, 0.4) is 0 Å². The number of benzene rings is 1. The van der Waals surface area contributed by atoms with Crippen LogP contribution in [0.15, 0.2) is 24.3 Å². The van der Waals surface area contributed by atoms with Crippen molar-refractivity contribution in [3.63, 3.8) is 0 Å². The quantitative estimate of drug-likeness (QED) is 0.679. The van der Waals surface area contributed by atoms with Gasteiger partial charge >= 0.3 is 12.1 Å². The smallest absolute Gasteiger partial charge is 0.412 e. The molecule has 1 N–H and O–H groups in total. The number of hydrogen-bond donors (Lipinski definition) is 1. The summed E-state index contributed by atoms with van der Waals surface area (Å²) in [6.45, 7) is 13.2. The molecule has 2 rings (SSSR count). The number of nitrogens with one attached hydrogen (secondary N) is 1. The summed E-state index contributed by atoms with van der Waals surface area (Å²) in [4.78, 5) is 28.6.